The second-order valence-corrected chi connectivity index (χ2v) is 7.30. The van der Waals surface area contributed by atoms with E-state index in [4.69, 9.17) is 18.9 Å². The lowest BCUT2D eigenvalue weighted by Crippen LogP contribution is -2.46. The van der Waals surface area contributed by atoms with E-state index in [1.54, 1.807) is 30.3 Å². The van der Waals surface area contributed by atoms with E-state index in [1.807, 2.05) is 0 Å². The Hall–Kier alpha value is -3.80. The molecule has 1 saturated heterocycles. The summed E-state index contributed by atoms with van der Waals surface area (Å²) in [6.07, 6.45) is -3.97. The van der Waals surface area contributed by atoms with Gasteiger partial charge in [-0.05, 0) is 5.56 Å². The van der Waals surface area contributed by atoms with Crippen molar-refractivity contribution >= 4 is 17.9 Å². The molecule has 0 bridgehead atoms. The van der Waals surface area contributed by atoms with Gasteiger partial charge in [-0.15, -0.1) is 0 Å². The van der Waals surface area contributed by atoms with Crippen molar-refractivity contribution in [2.24, 2.45) is 0 Å². The van der Waals surface area contributed by atoms with E-state index in [-0.39, 0.29) is 13.2 Å². The van der Waals surface area contributed by atoms with Crippen molar-refractivity contribution in [3.05, 3.63) is 62.9 Å². The molecule has 176 valence electrons. The third-order valence-electron chi connectivity index (χ3n) is 4.75. The smallest absolute Gasteiger partial charge is 0.350 e. The molecule has 1 fully saturated rings. The minimum Gasteiger partial charge on any atom is -0.463 e. The number of nitrogens with zero attached hydrogens (tertiary/aromatic N) is 3. The van der Waals surface area contributed by atoms with Crippen LogP contribution in [0.25, 0.3) is 0 Å². The lowest BCUT2D eigenvalue weighted by atomic mass is 10.1. The lowest BCUT2D eigenvalue weighted by molar-refractivity contribution is -0.166. The maximum atomic E-state index is 13.2. The fourth-order valence-corrected chi connectivity index (χ4v) is 3.42. The predicted octanol–water partition coefficient (Wildman–Crippen LogP) is -0.223. The highest BCUT2D eigenvalue weighted by Crippen LogP contribution is 2.33. The van der Waals surface area contributed by atoms with E-state index in [0.29, 0.717) is 5.56 Å². The summed E-state index contributed by atoms with van der Waals surface area (Å²) in [5.41, 5.74) is -0.776. The minimum atomic E-state index is -1.35. The fourth-order valence-electron chi connectivity index (χ4n) is 3.42. The second kappa shape index (κ2) is 10.2. The van der Waals surface area contributed by atoms with Gasteiger partial charge in [-0.1, -0.05) is 30.3 Å². The third kappa shape index (κ3) is 5.71. The summed E-state index contributed by atoms with van der Waals surface area (Å²) in [6, 6.07) is 8.82. The van der Waals surface area contributed by atoms with Crippen LogP contribution in [0.4, 0.5) is 0 Å². The van der Waals surface area contributed by atoms with Crippen LogP contribution in [0.5, 0.6) is 0 Å². The van der Waals surface area contributed by atoms with Gasteiger partial charge in [-0.25, -0.2) is 4.79 Å². The number of hydrogen-bond acceptors (Lipinski definition) is 10. The average Bonchev–Trinajstić information content (AvgIpc) is 3.06. The SMILES string of the molecule is CC(=O)OC[C@@H]1O[C@@H](n2ncc(=O)n(Cc3ccccc3)c2=O)[C@@H](OC(C)=O)[C@H]1OC(C)=O. The number of carbonyl (C=O) groups excluding carboxylic acids is 3. The Morgan fingerprint density at radius 2 is 1.61 bits per heavy atom. The molecule has 0 amide bonds. The molecule has 1 aromatic carbocycles. The van der Waals surface area contributed by atoms with Gasteiger partial charge in [0, 0.05) is 20.8 Å². The van der Waals surface area contributed by atoms with E-state index < -0.39 is 53.7 Å². The molecule has 0 N–H and O–H groups in total. The number of ether oxygens (including phenoxy) is 4. The van der Waals surface area contributed by atoms with Crippen molar-refractivity contribution in [3.63, 3.8) is 0 Å². The van der Waals surface area contributed by atoms with Crippen molar-refractivity contribution in [1.29, 1.82) is 0 Å². The van der Waals surface area contributed by atoms with Crippen LogP contribution in [0.1, 0.15) is 32.6 Å². The molecular formula is C21H23N3O9. The van der Waals surface area contributed by atoms with E-state index in [9.17, 15) is 24.0 Å². The maximum absolute atomic E-state index is 13.2. The van der Waals surface area contributed by atoms with Gasteiger partial charge in [0.2, 0.25) is 0 Å². The summed E-state index contributed by atoms with van der Waals surface area (Å²) >= 11 is 0. The van der Waals surface area contributed by atoms with Crippen LogP contribution in [0.3, 0.4) is 0 Å². The number of hydrogen-bond donors (Lipinski definition) is 0. The molecule has 1 aliphatic heterocycles. The van der Waals surface area contributed by atoms with E-state index in [2.05, 4.69) is 5.10 Å². The van der Waals surface area contributed by atoms with Gasteiger partial charge in [-0.2, -0.15) is 9.78 Å². The van der Waals surface area contributed by atoms with Gasteiger partial charge in [-0.3, -0.25) is 23.7 Å². The Balaban J connectivity index is 2.02. The number of carbonyl (C=O) groups is 3. The Morgan fingerprint density at radius 3 is 2.21 bits per heavy atom. The number of esters is 3. The molecular weight excluding hydrogens is 438 g/mol. The molecule has 1 aliphatic rings. The van der Waals surface area contributed by atoms with Crippen LogP contribution < -0.4 is 11.2 Å². The largest absolute Gasteiger partial charge is 0.463 e. The molecule has 2 heterocycles. The van der Waals surface area contributed by atoms with Gasteiger partial charge in [0.05, 0.1) is 6.54 Å². The topological polar surface area (TPSA) is 145 Å². The molecule has 33 heavy (non-hydrogen) atoms. The second-order valence-electron chi connectivity index (χ2n) is 7.30. The van der Waals surface area contributed by atoms with Crippen molar-refractivity contribution in [2.45, 2.75) is 51.9 Å². The Labute approximate surface area is 187 Å². The average molecular weight is 461 g/mol. The molecule has 3 rings (SSSR count). The highest BCUT2D eigenvalue weighted by molar-refractivity contribution is 5.68. The summed E-state index contributed by atoms with van der Waals surface area (Å²) in [7, 11) is 0. The van der Waals surface area contributed by atoms with Crippen molar-refractivity contribution < 1.29 is 33.3 Å². The molecule has 1 aromatic heterocycles. The first-order chi connectivity index (χ1) is 15.7. The Kier molecular flexibility index (Phi) is 7.38. The molecule has 0 aliphatic carbocycles. The van der Waals surface area contributed by atoms with Crippen LogP contribution in [-0.4, -0.2) is 57.2 Å². The highest BCUT2D eigenvalue weighted by atomic mass is 16.7. The van der Waals surface area contributed by atoms with Gasteiger partial charge in [0.15, 0.2) is 18.4 Å². The number of rotatable bonds is 7. The van der Waals surface area contributed by atoms with Crippen molar-refractivity contribution in [3.8, 4) is 0 Å². The fraction of sp³-hybridized carbons (Fsp3) is 0.429. The highest BCUT2D eigenvalue weighted by Gasteiger charge is 2.51. The Bertz CT molecular complexity index is 1140. The van der Waals surface area contributed by atoms with Crippen LogP contribution in [0, 0.1) is 0 Å². The van der Waals surface area contributed by atoms with E-state index in [1.165, 1.54) is 6.92 Å². The maximum Gasteiger partial charge on any atom is 0.350 e. The normalized spacial score (nSPS) is 21.9. The summed E-state index contributed by atoms with van der Waals surface area (Å²) in [5, 5.41) is 3.87. The van der Waals surface area contributed by atoms with Crippen LogP contribution in [-0.2, 0) is 39.9 Å². The van der Waals surface area contributed by atoms with Crippen LogP contribution in [0.15, 0.2) is 46.1 Å². The first-order valence-electron chi connectivity index (χ1n) is 10.0. The van der Waals surface area contributed by atoms with Crippen LogP contribution in [0.2, 0.25) is 0 Å². The molecule has 0 spiro atoms. The van der Waals surface area contributed by atoms with E-state index in [0.717, 1.165) is 29.3 Å². The van der Waals surface area contributed by atoms with Gasteiger partial charge in [0.1, 0.15) is 18.9 Å². The first kappa shape index (κ1) is 23.9. The predicted molar refractivity (Wildman–Crippen MR) is 110 cm³/mol. The quantitative estimate of drug-likeness (QED) is 0.401. The zero-order chi connectivity index (χ0) is 24.1. The molecule has 12 nitrogen and oxygen atoms in total. The standard InChI is InChI=1S/C21H23N3O9/c1-12(25)30-11-16-18(31-13(2)26)19(32-14(3)27)20(33-16)24-21(29)23(17(28)9-22-24)10-15-7-5-4-6-8-15/h4-9,16,18-20H,10-11H2,1-3H3/t16-,18-,19-,20+/m0/s1. The molecule has 0 radical (unpaired) electrons. The summed E-state index contributed by atoms with van der Waals surface area (Å²) in [6.45, 7) is 3.10. The molecule has 0 unspecified atom stereocenters. The Morgan fingerprint density at radius 1 is 0.970 bits per heavy atom. The van der Waals surface area contributed by atoms with E-state index >= 15 is 0 Å². The zero-order valence-electron chi connectivity index (χ0n) is 18.2. The molecule has 12 heteroatoms. The lowest BCUT2D eigenvalue weighted by Gasteiger charge is -2.23. The van der Waals surface area contributed by atoms with Gasteiger partial charge in [0.25, 0.3) is 5.56 Å². The summed E-state index contributed by atoms with van der Waals surface area (Å²) < 4.78 is 23.1. The van der Waals surface area contributed by atoms with Crippen molar-refractivity contribution in [1.82, 2.24) is 14.3 Å². The number of aromatic nitrogens is 3. The van der Waals surface area contributed by atoms with Crippen LogP contribution >= 0.6 is 0 Å². The molecule has 4 atom stereocenters. The third-order valence-corrected chi connectivity index (χ3v) is 4.75. The summed E-state index contributed by atoms with van der Waals surface area (Å²) in [4.78, 5) is 60.2. The van der Waals surface area contributed by atoms with Crippen molar-refractivity contribution in [2.75, 3.05) is 6.61 Å². The molecule has 2 aromatic rings. The summed E-state index contributed by atoms with van der Waals surface area (Å²) in [5.74, 6) is -2.05. The number of benzene rings is 1. The van der Waals surface area contributed by atoms with Gasteiger partial charge < -0.3 is 18.9 Å². The first-order valence-corrected chi connectivity index (χ1v) is 10.0. The monoisotopic (exact) mass is 461 g/mol. The zero-order valence-corrected chi connectivity index (χ0v) is 18.2. The van der Waals surface area contributed by atoms with Gasteiger partial charge >= 0.3 is 23.6 Å². The molecule has 0 saturated carbocycles. The minimum absolute atomic E-state index is 0.0315.